The van der Waals surface area contributed by atoms with Crippen LogP contribution in [0.3, 0.4) is 0 Å². The second kappa shape index (κ2) is 10.0. The van der Waals surface area contributed by atoms with Crippen LogP contribution in [0.4, 0.5) is 0 Å². The predicted octanol–water partition coefficient (Wildman–Crippen LogP) is 5.04. The summed E-state index contributed by atoms with van der Waals surface area (Å²) >= 11 is 0. The zero-order valence-electron chi connectivity index (χ0n) is 18.8. The van der Waals surface area contributed by atoms with Crippen LogP contribution in [0.5, 0.6) is 17.2 Å². The third-order valence-electron chi connectivity index (χ3n) is 4.91. The van der Waals surface area contributed by atoms with Crippen molar-refractivity contribution in [3.63, 3.8) is 0 Å². The van der Waals surface area contributed by atoms with Gasteiger partial charge in [-0.2, -0.15) is 5.10 Å². The fraction of sp³-hybridized carbons (Fsp3) is 0.231. The van der Waals surface area contributed by atoms with E-state index in [9.17, 15) is 9.90 Å². The molecule has 1 amide bonds. The van der Waals surface area contributed by atoms with E-state index in [1.807, 2.05) is 12.1 Å². The molecule has 3 rings (SSSR count). The number of nitrogens with zero attached hydrogens (tertiary/aromatic N) is 1. The summed E-state index contributed by atoms with van der Waals surface area (Å²) in [6, 6.07) is 19.8. The molecule has 0 atom stereocenters. The number of carbonyl (C=O) groups is 1. The summed E-state index contributed by atoms with van der Waals surface area (Å²) in [6.07, 6.45) is 1.52. The zero-order chi connectivity index (χ0) is 23.1. The molecule has 6 nitrogen and oxygen atoms in total. The summed E-state index contributed by atoms with van der Waals surface area (Å²) in [4.78, 5) is 12.1. The van der Waals surface area contributed by atoms with E-state index in [2.05, 4.69) is 55.6 Å². The number of benzene rings is 3. The Balaban J connectivity index is 1.60. The van der Waals surface area contributed by atoms with Crippen molar-refractivity contribution in [3.8, 4) is 17.2 Å². The van der Waals surface area contributed by atoms with Crippen LogP contribution in [0.1, 0.15) is 47.8 Å². The number of phenolic OH excluding ortho intramolecular Hbond substituents is 1. The molecule has 0 radical (unpaired) electrons. The average molecular weight is 433 g/mol. The van der Waals surface area contributed by atoms with Gasteiger partial charge in [-0.1, -0.05) is 45.0 Å². The topological polar surface area (TPSA) is 80.2 Å². The van der Waals surface area contributed by atoms with E-state index in [0.717, 1.165) is 11.1 Å². The van der Waals surface area contributed by atoms with Gasteiger partial charge in [-0.15, -0.1) is 0 Å². The first-order chi connectivity index (χ1) is 15.3. The number of aromatic hydroxyl groups is 1. The van der Waals surface area contributed by atoms with Crippen LogP contribution in [0.15, 0.2) is 71.8 Å². The number of amides is 1. The predicted molar refractivity (Wildman–Crippen MR) is 126 cm³/mol. The van der Waals surface area contributed by atoms with E-state index in [-0.39, 0.29) is 17.1 Å². The molecule has 166 valence electrons. The molecule has 0 fully saturated rings. The molecule has 3 aromatic carbocycles. The van der Waals surface area contributed by atoms with Crippen molar-refractivity contribution in [1.82, 2.24) is 5.43 Å². The lowest BCUT2D eigenvalue weighted by atomic mass is 9.87. The molecule has 0 bridgehead atoms. The number of nitrogens with one attached hydrogen (secondary N) is 1. The van der Waals surface area contributed by atoms with Gasteiger partial charge in [0.05, 0.1) is 13.3 Å². The first-order valence-electron chi connectivity index (χ1n) is 10.3. The molecule has 6 heteroatoms. The number of ether oxygens (including phenoxy) is 2. The SMILES string of the molecule is COc1cc(/C=N/NC(=O)c2ccc(O)cc2)ccc1OCc1ccc(C(C)(C)C)cc1. The van der Waals surface area contributed by atoms with Crippen LogP contribution < -0.4 is 14.9 Å². The molecule has 0 aliphatic heterocycles. The fourth-order valence-corrected chi connectivity index (χ4v) is 2.99. The molecule has 0 aromatic heterocycles. The Morgan fingerprint density at radius 2 is 1.69 bits per heavy atom. The van der Waals surface area contributed by atoms with Gasteiger partial charge in [0.2, 0.25) is 0 Å². The molecule has 0 aliphatic rings. The minimum atomic E-state index is -0.370. The van der Waals surface area contributed by atoms with Crippen molar-refractivity contribution in [2.24, 2.45) is 5.10 Å². The molecular formula is C26H28N2O4. The van der Waals surface area contributed by atoms with Gasteiger partial charge in [0.15, 0.2) is 11.5 Å². The van der Waals surface area contributed by atoms with E-state index in [0.29, 0.717) is 23.7 Å². The number of methoxy groups -OCH3 is 1. The Bertz CT molecular complexity index is 1080. The smallest absolute Gasteiger partial charge is 0.271 e. The fourth-order valence-electron chi connectivity index (χ4n) is 2.99. The Morgan fingerprint density at radius 1 is 1.00 bits per heavy atom. The maximum atomic E-state index is 12.1. The molecule has 0 aliphatic carbocycles. The largest absolute Gasteiger partial charge is 0.508 e. The second-order valence-corrected chi connectivity index (χ2v) is 8.39. The van der Waals surface area contributed by atoms with E-state index in [1.54, 1.807) is 13.2 Å². The monoisotopic (exact) mass is 432 g/mol. The van der Waals surface area contributed by atoms with Gasteiger partial charge in [-0.25, -0.2) is 5.43 Å². The van der Waals surface area contributed by atoms with Crippen LogP contribution in [0, 0.1) is 0 Å². The highest BCUT2D eigenvalue weighted by atomic mass is 16.5. The lowest BCUT2D eigenvalue weighted by molar-refractivity contribution is 0.0955. The summed E-state index contributed by atoms with van der Waals surface area (Å²) in [5.41, 5.74) is 6.07. The van der Waals surface area contributed by atoms with E-state index >= 15 is 0 Å². The maximum absolute atomic E-state index is 12.1. The normalized spacial score (nSPS) is 11.4. The molecule has 0 unspecified atom stereocenters. The summed E-state index contributed by atoms with van der Waals surface area (Å²) in [6.45, 7) is 6.99. The number of phenols is 1. The van der Waals surface area contributed by atoms with Crippen molar-refractivity contribution < 1.29 is 19.4 Å². The number of hydrogen-bond acceptors (Lipinski definition) is 5. The Hall–Kier alpha value is -3.80. The van der Waals surface area contributed by atoms with Crippen molar-refractivity contribution in [3.05, 3.63) is 89.0 Å². The highest BCUT2D eigenvalue weighted by Crippen LogP contribution is 2.29. The lowest BCUT2D eigenvalue weighted by Gasteiger charge is -2.19. The first-order valence-corrected chi connectivity index (χ1v) is 10.3. The van der Waals surface area contributed by atoms with Gasteiger partial charge in [0.1, 0.15) is 12.4 Å². The highest BCUT2D eigenvalue weighted by molar-refractivity contribution is 5.95. The van der Waals surface area contributed by atoms with Crippen molar-refractivity contribution >= 4 is 12.1 Å². The standard InChI is InChI=1S/C26H28N2O4/c1-26(2,3)21-10-5-18(6-11-21)17-32-23-14-7-19(15-24(23)31-4)16-27-28-25(30)20-8-12-22(29)13-9-20/h5-16,29H,17H2,1-4H3,(H,28,30)/b27-16+. The Kier molecular flexibility index (Phi) is 7.15. The van der Waals surface area contributed by atoms with Crippen molar-refractivity contribution in [2.45, 2.75) is 32.8 Å². The molecule has 0 heterocycles. The quantitative estimate of drug-likeness (QED) is 0.405. The van der Waals surface area contributed by atoms with Crippen molar-refractivity contribution in [1.29, 1.82) is 0 Å². The lowest BCUT2D eigenvalue weighted by Crippen LogP contribution is -2.17. The summed E-state index contributed by atoms with van der Waals surface area (Å²) < 4.78 is 11.4. The number of carbonyl (C=O) groups excluding carboxylic acids is 1. The first kappa shape index (κ1) is 22.9. The minimum absolute atomic E-state index is 0.0985. The summed E-state index contributed by atoms with van der Waals surface area (Å²) in [7, 11) is 1.58. The van der Waals surface area contributed by atoms with E-state index in [1.165, 1.54) is 36.0 Å². The molecule has 0 spiro atoms. The number of hydrazone groups is 1. The highest BCUT2D eigenvalue weighted by Gasteiger charge is 2.13. The van der Waals surface area contributed by atoms with Gasteiger partial charge in [0.25, 0.3) is 5.91 Å². The van der Waals surface area contributed by atoms with Crippen molar-refractivity contribution in [2.75, 3.05) is 7.11 Å². The molecular weight excluding hydrogens is 404 g/mol. The summed E-state index contributed by atoms with van der Waals surface area (Å²) in [5.74, 6) is 0.926. The molecule has 0 saturated carbocycles. The molecule has 2 N–H and O–H groups in total. The van der Waals surface area contributed by atoms with Crippen LogP contribution in [-0.2, 0) is 12.0 Å². The zero-order valence-corrected chi connectivity index (χ0v) is 18.8. The Morgan fingerprint density at radius 3 is 2.31 bits per heavy atom. The third kappa shape index (κ3) is 6.11. The summed E-state index contributed by atoms with van der Waals surface area (Å²) in [5, 5.41) is 13.3. The Labute approximate surface area is 188 Å². The molecule has 3 aromatic rings. The minimum Gasteiger partial charge on any atom is -0.508 e. The number of hydrogen-bond donors (Lipinski definition) is 2. The van der Waals surface area contributed by atoms with Gasteiger partial charge in [-0.05, 0) is 64.6 Å². The van der Waals surface area contributed by atoms with Gasteiger partial charge in [-0.3, -0.25) is 4.79 Å². The van der Waals surface area contributed by atoms with Crippen LogP contribution in [0.2, 0.25) is 0 Å². The second-order valence-electron chi connectivity index (χ2n) is 8.39. The van der Waals surface area contributed by atoms with Crippen LogP contribution >= 0.6 is 0 Å². The van der Waals surface area contributed by atoms with Gasteiger partial charge < -0.3 is 14.6 Å². The van der Waals surface area contributed by atoms with Crippen LogP contribution in [0.25, 0.3) is 0 Å². The maximum Gasteiger partial charge on any atom is 0.271 e. The van der Waals surface area contributed by atoms with Gasteiger partial charge >= 0.3 is 0 Å². The molecule has 32 heavy (non-hydrogen) atoms. The van der Waals surface area contributed by atoms with Gasteiger partial charge in [0, 0.05) is 5.56 Å². The average Bonchev–Trinajstić information content (AvgIpc) is 2.78. The van der Waals surface area contributed by atoms with E-state index in [4.69, 9.17) is 9.47 Å². The molecule has 0 saturated heterocycles. The van der Waals surface area contributed by atoms with E-state index < -0.39 is 0 Å². The number of rotatable bonds is 7. The third-order valence-corrected chi connectivity index (χ3v) is 4.91. The van der Waals surface area contributed by atoms with Crippen LogP contribution in [-0.4, -0.2) is 24.3 Å².